The number of amides is 1. The standard InChI is InChI=1S/C16H20N4O2S/c1-3-16(5-8-22-9-6-16)15-18-7-4-11(20-15)12-10(2)19-14(23-12)13(17)21/h4,7H,3,5-6,8-9H2,1-2H3,(H2,17,21). The van der Waals surface area contributed by atoms with Gasteiger partial charge in [-0.2, -0.15) is 0 Å². The van der Waals surface area contributed by atoms with Crippen molar-refractivity contribution in [3.05, 3.63) is 28.8 Å². The van der Waals surface area contributed by atoms with Gasteiger partial charge in [0.2, 0.25) is 0 Å². The van der Waals surface area contributed by atoms with Crippen molar-refractivity contribution in [3.8, 4) is 10.6 Å². The molecule has 3 rings (SSSR count). The Hall–Kier alpha value is -1.86. The summed E-state index contributed by atoms with van der Waals surface area (Å²) in [7, 11) is 0. The van der Waals surface area contributed by atoms with E-state index >= 15 is 0 Å². The Morgan fingerprint density at radius 1 is 1.39 bits per heavy atom. The average molecular weight is 332 g/mol. The minimum atomic E-state index is -0.506. The van der Waals surface area contributed by atoms with Crippen molar-refractivity contribution in [1.29, 1.82) is 0 Å². The van der Waals surface area contributed by atoms with Crippen LogP contribution < -0.4 is 5.73 Å². The lowest BCUT2D eigenvalue weighted by molar-refractivity contribution is 0.0454. The van der Waals surface area contributed by atoms with E-state index in [1.165, 1.54) is 11.3 Å². The number of ether oxygens (including phenoxy) is 1. The summed E-state index contributed by atoms with van der Waals surface area (Å²) in [5.41, 5.74) is 6.87. The van der Waals surface area contributed by atoms with Crippen LogP contribution in [-0.4, -0.2) is 34.1 Å². The first kappa shape index (κ1) is 16.0. The van der Waals surface area contributed by atoms with E-state index in [0.29, 0.717) is 5.01 Å². The smallest absolute Gasteiger partial charge is 0.277 e. The van der Waals surface area contributed by atoms with Gasteiger partial charge in [-0.1, -0.05) is 6.92 Å². The largest absolute Gasteiger partial charge is 0.381 e. The molecule has 0 radical (unpaired) electrons. The summed E-state index contributed by atoms with van der Waals surface area (Å²) in [6, 6.07) is 1.86. The fourth-order valence-corrected chi connectivity index (χ4v) is 3.87. The van der Waals surface area contributed by atoms with Crippen molar-refractivity contribution in [2.24, 2.45) is 5.73 Å². The van der Waals surface area contributed by atoms with Gasteiger partial charge in [0.05, 0.1) is 16.3 Å². The van der Waals surface area contributed by atoms with Crippen molar-refractivity contribution >= 4 is 17.2 Å². The maximum atomic E-state index is 11.3. The highest BCUT2D eigenvalue weighted by atomic mass is 32.1. The number of nitrogens with two attached hydrogens (primary N) is 1. The Morgan fingerprint density at radius 2 is 2.13 bits per heavy atom. The quantitative estimate of drug-likeness (QED) is 0.928. The van der Waals surface area contributed by atoms with Crippen molar-refractivity contribution < 1.29 is 9.53 Å². The first-order chi connectivity index (χ1) is 11.1. The summed E-state index contributed by atoms with van der Waals surface area (Å²) in [6.45, 7) is 5.52. The molecule has 7 heteroatoms. The van der Waals surface area contributed by atoms with Crippen LogP contribution in [0.4, 0.5) is 0 Å². The number of thiazole rings is 1. The molecule has 2 N–H and O–H groups in total. The van der Waals surface area contributed by atoms with E-state index in [9.17, 15) is 4.79 Å². The third-order valence-corrected chi connectivity index (χ3v) is 5.69. The van der Waals surface area contributed by atoms with E-state index < -0.39 is 5.91 Å². The van der Waals surface area contributed by atoms with Crippen molar-refractivity contribution in [2.75, 3.05) is 13.2 Å². The average Bonchev–Trinajstić information content (AvgIpc) is 2.98. The first-order valence-electron chi connectivity index (χ1n) is 7.74. The Labute approximate surface area is 139 Å². The molecule has 2 aromatic rings. The number of hydrogen-bond donors (Lipinski definition) is 1. The van der Waals surface area contributed by atoms with Crippen molar-refractivity contribution in [1.82, 2.24) is 15.0 Å². The van der Waals surface area contributed by atoms with Crippen LogP contribution in [0.3, 0.4) is 0 Å². The minimum absolute atomic E-state index is 0.0284. The summed E-state index contributed by atoms with van der Waals surface area (Å²) < 4.78 is 5.50. The molecule has 3 heterocycles. The third-order valence-electron chi connectivity index (χ3n) is 4.50. The second-order valence-corrected chi connectivity index (χ2v) is 6.81. The molecule has 0 aromatic carbocycles. The fraction of sp³-hybridized carbons (Fsp3) is 0.500. The summed E-state index contributed by atoms with van der Waals surface area (Å²) in [5, 5.41) is 0.314. The molecule has 0 saturated carbocycles. The lowest BCUT2D eigenvalue weighted by Gasteiger charge is -2.34. The lowest BCUT2D eigenvalue weighted by atomic mass is 9.77. The molecule has 6 nitrogen and oxygen atoms in total. The third kappa shape index (κ3) is 2.98. The number of primary amides is 1. The number of carbonyl (C=O) groups excluding carboxylic acids is 1. The van der Waals surface area contributed by atoms with Gasteiger partial charge in [-0.05, 0) is 32.3 Å². The predicted octanol–water partition coefficient (Wildman–Crippen LogP) is 2.47. The number of rotatable bonds is 4. The molecule has 0 unspecified atom stereocenters. The van der Waals surface area contributed by atoms with Gasteiger partial charge in [0.1, 0.15) is 5.82 Å². The second-order valence-electron chi connectivity index (χ2n) is 5.81. The zero-order chi connectivity index (χ0) is 16.4. The van der Waals surface area contributed by atoms with Crippen LogP contribution in [0.2, 0.25) is 0 Å². The Balaban J connectivity index is 2.01. The van der Waals surface area contributed by atoms with Gasteiger partial charge in [0.25, 0.3) is 5.91 Å². The van der Waals surface area contributed by atoms with Gasteiger partial charge in [0, 0.05) is 24.8 Å². The maximum Gasteiger partial charge on any atom is 0.277 e. The molecule has 1 fully saturated rings. The monoisotopic (exact) mass is 332 g/mol. The van der Waals surface area contributed by atoms with E-state index in [-0.39, 0.29) is 5.41 Å². The highest BCUT2D eigenvalue weighted by Crippen LogP contribution is 2.37. The fourth-order valence-electron chi connectivity index (χ4n) is 2.98. The van der Waals surface area contributed by atoms with Crippen molar-refractivity contribution in [2.45, 2.75) is 38.5 Å². The molecular formula is C16H20N4O2S. The van der Waals surface area contributed by atoms with E-state index in [1.807, 2.05) is 13.0 Å². The van der Waals surface area contributed by atoms with Crippen LogP contribution in [0.1, 0.15) is 47.5 Å². The molecule has 1 aliphatic rings. The van der Waals surface area contributed by atoms with Gasteiger partial charge in [-0.3, -0.25) is 4.79 Å². The van der Waals surface area contributed by atoms with Crippen LogP contribution in [0.25, 0.3) is 10.6 Å². The van der Waals surface area contributed by atoms with Gasteiger partial charge in [-0.25, -0.2) is 15.0 Å². The topological polar surface area (TPSA) is 91.0 Å². The van der Waals surface area contributed by atoms with E-state index in [4.69, 9.17) is 15.5 Å². The number of aryl methyl sites for hydroxylation is 1. The van der Waals surface area contributed by atoms with E-state index in [2.05, 4.69) is 16.9 Å². The van der Waals surface area contributed by atoms with Gasteiger partial charge >= 0.3 is 0 Å². The minimum Gasteiger partial charge on any atom is -0.381 e. The molecule has 0 spiro atoms. The molecular weight excluding hydrogens is 312 g/mol. The summed E-state index contributed by atoms with van der Waals surface area (Å²) in [4.78, 5) is 25.8. The Morgan fingerprint density at radius 3 is 2.74 bits per heavy atom. The Kier molecular flexibility index (Phi) is 4.41. The summed E-state index contributed by atoms with van der Waals surface area (Å²) in [6.07, 6.45) is 4.63. The van der Waals surface area contributed by atoms with Gasteiger partial charge in [0.15, 0.2) is 5.01 Å². The molecule has 1 saturated heterocycles. The van der Waals surface area contributed by atoms with Gasteiger partial charge in [-0.15, -0.1) is 11.3 Å². The van der Waals surface area contributed by atoms with Crippen LogP contribution >= 0.6 is 11.3 Å². The number of aromatic nitrogens is 3. The zero-order valence-corrected chi connectivity index (χ0v) is 14.2. The summed E-state index contributed by atoms with van der Waals surface area (Å²) in [5.74, 6) is 0.349. The molecule has 1 amide bonds. The normalized spacial score (nSPS) is 17.1. The highest BCUT2D eigenvalue weighted by molar-refractivity contribution is 7.17. The van der Waals surface area contributed by atoms with E-state index in [1.54, 1.807) is 6.20 Å². The molecule has 23 heavy (non-hydrogen) atoms. The molecule has 1 aliphatic heterocycles. The zero-order valence-electron chi connectivity index (χ0n) is 13.3. The SMILES string of the molecule is CCC1(c2nccc(-c3sc(C(N)=O)nc3C)n2)CCOCC1. The molecule has 0 aliphatic carbocycles. The summed E-state index contributed by atoms with van der Waals surface area (Å²) >= 11 is 1.28. The predicted molar refractivity (Wildman–Crippen MR) is 88.4 cm³/mol. The van der Waals surface area contributed by atoms with Crippen LogP contribution in [0.5, 0.6) is 0 Å². The maximum absolute atomic E-state index is 11.3. The molecule has 0 atom stereocenters. The van der Waals surface area contributed by atoms with Crippen LogP contribution in [0.15, 0.2) is 12.3 Å². The van der Waals surface area contributed by atoms with Crippen LogP contribution in [-0.2, 0) is 10.2 Å². The Bertz CT molecular complexity index is 723. The van der Waals surface area contributed by atoms with Crippen LogP contribution in [0, 0.1) is 6.92 Å². The molecule has 0 bridgehead atoms. The second kappa shape index (κ2) is 6.33. The lowest BCUT2D eigenvalue weighted by Crippen LogP contribution is -2.35. The number of hydrogen-bond acceptors (Lipinski definition) is 6. The molecule has 2 aromatic heterocycles. The first-order valence-corrected chi connectivity index (χ1v) is 8.56. The number of nitrogens with zero attached hydrogens (tertiary/aromatic N) is 3. The molecule has 122 valence electrons. The van der Waals surface area contributed by atoms with Gasteiger partial charge < -0.3 is 10.5 Å². The van der Waals surface area contributed by atoms with Crippen molar-refractivity contribution in [3.63, 3.8) is 0 Å². The van der Waals surface area contributed by atoms with E-state index in [0.717, 1.165) is 54.6 Å². The highest BCUT2D eigenvalue weighted by Gasteiger charge is 2.35. The number of carbonyl (C=O) groups is 1.